The lowest BCUT2D eigenvalue weighted by molar-refractivity contribution is 0.332. The summed E-state index contributed by atoms with van der Waals surface area (Å²) in [5.41, 5.74) is 27.1. The van der Waals surface area contributed by atoms with E-state index >= 15 is 0 Å². The zero-order chi connectivity index (χ0) is 51.2. The van der Waals surface area contributed by atoms with Crippen LogP contribution < -0.4 is 26.2 Å². The summed E-state index contributed by atoms with van der Waals surface area (Å²) in [5.74, 6) is 0.302. The van der Waals surface area contributed by atoms with Crippen molar-refractivity contribution in [2.24, 2.45) is 0 Å². The third-order valence-corrected chi connectivity index (χ3v) is 18.1. The summed E-state index contributed by atoms with van der Waals surface area (Å²) >= 11 is 0. The van der Waals surface area contributed by atoms with E-state index in [2.05, 4.69) is 254 Å². The predicted octanol–water partition coefficient (Wildman–Crippen LogP) is 17.5. The highest BCUT2D eigenvalue weighted by Gasteiger charge is 2.48. The zero-order valence-corrected chi connectivity index (χ0v) is 46.6. The molecule has 4 aliphatic rings. The van der Waals surface area contributed by atoms with Crippen LogP contribution in [0.25, 0.3) is 22.3 Å². The largest absolute Gasteiger partial charge is 0.311 e. The van der Waals surface area contributed by atoms with Gasteiger partial charge in [0.25, 0.3) is 6.71 Å². The topological polar surface area (TPSA) is 6.48 Å². The Balaban J connectivity index is 1.27. The van der Waals surface area contributed by atoms with E-state index < -0.39 is 0 Å². The number of hydrogen-bond acceptors (Lipinski definition) is 2. The van der Waals surface area contributed by atoms with E-state index in [1.165, 1.54) is 137 Å². The van der Waals surface area contributed by atoms with Crippen LogP contribution in [0.1, 0.15) is 181 Å². The van der Waals surface area contributed by atoms with Crippen LogP contribution in [0, 0.1) is 0 Å². The first-order chi connectivity index (χ1) is 33.7. The Bertz CT molecular complexity index is 3310. The molecular weight excluding hydrogens is 868 g/mol. The van der Waals surface area contributed by atoms with E-state index in [4.69, 9.17) is 0 Å². The van der Waals surface area contributed by atoms with Gasteiger partial charge in [-0.15, -0.1) is 0 Å². The molecular formula is C69H79BN2. The fourth-order valence-corrected chi connectivity index (χ4v) is 13.1. The first kappa shape index (κ1) is 48.5. The van der Waals surface area contributed by atoms with Crippen molar-refractivity contribution in [2.45, 2.75) is 175 Å². The van der Waals surface area contributed by atoms with E-state index in [9.17, 15) is 0 Å². The average Bonchev–Trinajstić information content (AvgIpc) is 3.33. The Morgan fingerprint density at radius 1 is 0.417 bits per heavy atom. The number of rotatable bonds is 5. The molecule has 368 valence electrons. The van der Waals surface area contributed by atoms with Crippen LogP contribution in [-0.2, 0) is 32.5 Å². The molecule has 0 bridgehead atoms. The first-order valence-electron chi connectivity index (χ1n) is 27.3. The van der Waals surface area contributed by atoms with Crippen molar-refractivity contribution in [1.29, 1.82) is 0 Å². The van der Waals surface area contributed by atoms with Crippen molar-refractivity contribution in [3.8, 4) is 22.3 Å². The van der Waals surface area contributed by atoms with E-state index in [0.717, 1.165) is 0 Å². The summed E-state index contributed by atoms with van der Waals surface area (Å²) in [5, 5.41) is 0. The van der Waals surface area contributed by atoms with Crippen LogP contribution in [0.5, 0.6) is 0 Å². The summed E-state index contributed by atoms with van der Waals surface area (Å²) in [6.07, 6.45) is 4.72. The standard InChI is InChI=1S/C69H79BN2/c1-43(2)47-36-61-63-62(37-47)72(58-29-25-48(64(3,4)5)38-51(58)46-24-20-23-45(35-46)44-21-18-17-19-22-44)59-30-26-49(65(6,7)8)39-56(59)70(63)57-41-54-55(69(15,16)34-33-68(54,13)14)42-60(57)71(61)50-27-28-52-53(40-50)67(11,12)32-31-66(52,9)10/h17-30,35-43H,31-34H2,1-16H3. The Morgan fingerprint density at radius 2 is 0.931 bits per heavy atom. The molecule has 2 nitrogen and oxygen atoms in total. The number of fused-ring (bicyclic) bond motifs is 6. The molecule has 0 fully saturated rings. The highest BCUT2D eigenvalue weighted by molar-refractivity contribution is 7.00. The quantitative estimate of drug-likeness (QED) is 0.159. The number of hydrogen-bond donors (Lipinski definition) is 0. The monoisotopic (exact) mass is 947 g/mol. The van der Waals surface area contributed by atoms with Crippen molar-refractivity contribution in [1.82, 2.24) is 0 Å². The molecule has 72 heavy (non-hydrogen) atoms. The maximum absolute atomic E-state index is 2.73. The van der Waals surface area contributed by atoms with Gasteiger partial charge in [0.2, 0.25) is 0 Å². The van der Waals surface area contributed by atoms with Gasteiger partial charge in [-0.1, -0.05) is 190 Å². The van der Waals surface area contributed by atoms with Crippen molar-refractivity contribution < 1.29 is 0 Å². The van der Waals surface area contributed by atoms with Crippen LogP contribution in [0.3, 0.4) is 0 Å². The molecule has 2 heterocycles. The van der Waals surface area contributed by atoms with Gasteiger partial charge in [-0.3, -0.25) is 0 Å². The molecule has 0 radical (unpaired) electrons. The third-order valence-electron chi connectivity index (χ3n) is 18.1. The van der Waals surface area contributed by atoms with Crippen molar-refractivity contribution in [3.05, 3.63) is 172 Å². The highest BCUT2D eigenvalue weighted by atomic mass is 15.2. The molecule has 7 aromatic carbocycles. The minimum atomic E-state index is -0.0447. The van der Waals surface area contributed by atoms with Gasteiger partial charge in [-0.05, 0) is 191 Å². The summed E-state index contributed by atoms with van der Waals surface area (Å²) in [4.78, 5) is 5.42. The summed E-state index contributed by atoms with van der Waals surface area (Å²) < 4.78 is 0. The molecule has 0 amide bonds. The number of benzene rings is 7. The molecule has 0 unspecified atom stereocenters. The van der Waals surface area contributed by atoms with Gasteiger partial charge >= 0.3 is 0 Å². The molecule has 2 aliphatic heterocycles. The van der Waals surface area contributed by atoms with Crippen molar-refractivity contribution in [3.63, 3.8) is 0 Å². The number of nitrogens with zero attached hydrogens (tertiary/aromatic N) is 2. The van der Waals surface area contributed by atoms with E-state index in [-0.39, 0.29) is 39.2 Å². The minimum Gasteiger partial charge on any atom is -0.311 e. The SMILES string of the molecule is CC(C)c1cc2c3c(c1)N(c1ccc(C(C)(C)C)cc1-c1cccc(-c4ccccc4)c1)c1ccc(C(C)(C)C)cc1B3c1cc3c(cc1N2c1ccc2c(c1)C(C)(C)CCC2(C)C)C(C)(C)CCC3(C)C. The maximum Gasteiger partial charge on any atom is 0.252 e. The van der Waals surface area contributed by atoms with Gasteiger partial charge in [0.05, 0.1) is 5.69 Å². The maximum atomic E-state index is 2.73. The Morgan fingerprint density at radius 3 is 1.54 bits per heavy atom. The fraction of sp³-hybridized carbons (Fsp3) is 0.391. The lowest BCUT2D eigenvalue weighted by Crippen LogP contribution is -2.62. The van der Waals surface area contributed by atoms with Gasteiger partial charge in [0.15, 0.2) is 0 Å². The van der Waals surface area contributed by atoms with Gasteiger partial charge in [0.1, 0.15) is 0 Å². The van der Waals surface area contributed by atoms with Crippen LogP contribution in [0.4, 0.5) is 34.1 Å². The third kappa shape index (κ3) is 7.81. The molecule has 0 N–H and O–H groups in total. The number of anilines is 6. The molecule has 7 aromatic rings. The molecule has 0 spiro atoms. The van der Waals surface area contributed by atoms with Gasteiger partial charge in [-0.25, -0.2) is 0 Å². The lowest BCUT2D eigenvalue weighted by Gasteiger charge is -2.48. The van der Waals surface area contributed by atoms with Crippen LogP contribution >= 0.6 is 0 Å². The minimum absolute atomic E-state index is 0.0221. The second kappa shape index (κ2) is 16.4. The van der Waals surface area contributed by atoms with Crippen LogP contribution in [0.2, 0.25) is 0 Å². The Hall–Kier alpha value is -5.80. The van der Waals surface area contributed by atoms with Gasteiger partial charge in [-0.2, -0.15) is 0 Å². The fourth-order valence-electron chi connectivity index (χ4n) is 13.1. The highest BCUT2D eigenvalue weighted by Crippen LogP contribution is 2.54. The molecule has 0 saturated heterocycles. The zero-order valence-electron chi connectivity index (χ0n) is 46.6. The summed E-state index contributed by atoms with van der Waals surface area (Å²) in [7, 11) is 0. The lowest BCUT2D eigenvalue weighted by atomic mass is 9.33. The average molecular weight is 947 g/mol. The van der Waals surface area contributed by atoms with E-state index in [1.807, 2.05) is 0 Å². The smallest absolute Gasteiger partial charge is 0.252 e. The summed E-state index contributed by atoms with van der Waals surface area (Å²) in [6, 6.07) is 53.1. The van der Waals surface area contributed by atoms with Crippen molar-refractivity contribution in [2.75, 3.05) is 9.80 Å². The van der Waals surface area contributed by atoms with Crippen LogP contribution in [0.15, 0.2) is 133 Å². The molecule has 0 atom stereocenters. The van der Waals surface area contributed by atoms with Gasteiger partial charge in [0, 0.05) is 34.0 Å². The Kier molecular flexibility index (Phi) is 11.0. The van der Waals surface area contributed by atoms with Crippen molar-refractivity contribution >= 4 is 57.2 Å². The Labute approximate surface area is 434 Å². The molecule has 2 aliphatic carbocycles. The van der Waals surface area contributed by atoms with Gasteiger partial charge < -0.3 is 9.80 Å². The summed E-state index contributed by atoms with van der Waals surface area (Å²) in [6.45, 7) is 38.8. The normalized spacial score (nSPS) is 18.0. The predicted molar refractivity (Wildman–Crippen MR) is 313 cm³/mol. The molecule has 11 rings (SSSR count). The molecule has 3 heteroatoms. The van der Waals surface area contributed by atoms with E-state index in [0.29, 0.717) is 5.92 Å². The second-order valence-electron chi connectivity index (χ2n) is 27.4. The molecule has 0 aromatic heterocycles. The molecule has 0 saturated carbocycles. The van der Waals surface area contributed by atoms with E-state index in [1.54, 1.807) is 0 Å². The first-order valence-corrected chi connectivity index (χ1v) is 27.3. The second-order valence-corrected chi connectivity index (χ2v) is 27.4. The van der Waals surface area contributed by atoms with Crippen LogP contribution in [-0.4, -0.2) is 6.71 Å².